The molecular formula is C16H26O. The van der Waals surface area contributed by atoms with E-state index in [1.54, 1.807) is 19.3 Å². The zero-order valence-electron chi connectivity index (χ0n) is 11.2. The maximum absolute atomic E-state index is 6.08. The molecule has 17 heavy (non-hydrogen) atoms. The Morgan fingerprint density at radius 1 is 1.00 bits per heavy atom. The molecule has 5 aliphatic rings. The molecule has 0 aromatic heterocycles. The van der Waals surface area contributed by atoms with E-state index in [1.807, 2.05) is 0 Å². The fourth-order valence-electron chi connectivity index (χ4n) is 5.93. The highest BCUT2D eigenvalue weighted by Gasteiger charge is 2.66. The van der Waals surface area contributed by atoms with Gasteiger partial charge in [0.15, 0.2) is 0 Å². The standard InChI is InChI=1S/C16H26O/c1-2-3-4-16(11-17-16)15-8-12-5-13(9-15)7-14(6-12)10-15/h12-14H,2-11H2,1H3. The number of rotatable bonds is 4. The van der Waals surface area contributed by atoms with Crippen molar-refractivity contribution in [1.82, 2.24) is 0 Å². The van der Waals surface area contributed by atoms with Crippen LogP contribution in [-0.4, -0.2) is 12.2 Å². The molecule has 0 aromatic carbocycles. The topological polar surface area (TPSA) is 12.5 Å². The Morgan fingerprint density at radius 3 is 1.94 bits per heavy atom. The highest BCUT2D eigenvalue weighted by molar-refractivity contribution is 5.15. The van der Waals surface area contributed by atoms with Gasteiger partial charge in [0.25, 0.3) is 0 Å². The van der Waals surface area contributed by atoms with Gasteiger partial charge in [-0.25, -0.2) is 0 Å². The second kappa shape index (κ2) is 3.50. The quantitative estimate of drug-likeness (QED) is 0.665. The first-order valence-electron chi connectivity index (χ1n) is 7.89. The average molecular weight is 234 g/mol. The van der Waals surface area contributed by atoms with E-state index in [1.165, 1.54) is 38.5 Å². The number of ether oxygens (including phenoxy) is 1. The summed E-state index contributed by atoms with van der Waals surface area (Å²) in [5, 5.41) is 0. The van der Waals surface area contributed by atoms with Gasteiger partial charge in [-0.1, -0.05) is 19.8 Å². The van der Waals surface area contributed by atoms with Gasteiger partial charge in [0.05, 0.1) is 12.2 Å². The Kier molecular flexibility index (Phi) is 2.23. The summed E-state index contributed by atoms with van der Waals surface area (Å²) in [6, 6.07) is 0. The monoisotopic (exact) mass is 234 g/mol. The minimum Gasteiger partial charge on any atom is -0.369 e. The lowest BCUT2D eigenvalue weighted by molar-refractivity contribution is -0.0997. The smallest absolute Gasteiger partial charge is 0.0972 e. The maximum atomic E-state index is 6.08. The van der Waals surface area contributed by atoms with Gasteiger partial charge in [0.1, 0.15) is 0 Å². The molecule has 1 nitrogen and oxygen atoms in total. The molecule has 96 valence electrons. The number of hydrogen-bond acceptors (Lipinski definition) is 1. The molecule has 0 radical (unpaired) electrons. The normalized spacial score (nSPS) is 55.2. The average Bonchev–Trinajstić information content (AvgIpc) is 3.06. The minimum absolute atomic E-state index is 0.360. The predicted octanol–water partition coefficient (Wildman–Crippen LogP) is 4.16. The molecule has 5 fully saturated rings. The van der Waals surface area contributed by atoms with Crippen LogP contribution in [0.1, 0.15) is 64.7 Å². The van der Waals surface area contributed by atoms with Crippen LogP contribution in [0, 0.1) is 23.2 Å². The Bertz CT molecular complexity index is 280. The van der Waals surface area contributed by atoms with Gasteiger partial charge in [0, 0.05) is 5.41 Å². The van der Waals surface area contributed by atoms with E-state index in [-0.39, 0.29) is 0 Å². The summed E-state index contributed by atoms with van der Waals surface area (Å²) >= 11 is 0. The highest BCUT2D eigenvalue weighted by Crippen LogP contribution is 2.68. The minimum atomic E-state index is 0.360. The van der Waals surface area contributed by atoms with Crippen molar-refractivity contribution in [2.75, 3.05) is 6.61 Å². The molecule has 0 spiro atoms. The molecule has 0 amide bonds. The fraction of sp³-hybridized carbons (Fsp3) is 1.00. The number of hydrogen-bond donors (Lipinski definition) is 0. The molecule has 1 unspecified atom stereocenters. The van der Waals surface area contributed by atoms with E-state index in [0.717, 1.165) is 24.4 Å². The van der Waals surface area contributed by atoms with Crippen LogP contribution in [0.3, 0.4) is 0 Å². The lowest BCUT2D eigenvalue weighted by atomic mass is 9.46. The first kappa shape index (κ1) is 10.8. The van der Waals surface area contributed by atoms with Gasteiger partial charge >= 0.3 is 0 Å². The Hall–Kier alpha value is -0.0400. The van der Waals surface area contributed by atoms with E-state index in [2.05, 4.69) is 6.92 Å². The van der Waals surface area contributed by atoms with E-state index >= 15 is 0 Å². The zero-order valence-corrected chi connectivity index (χ0v) is 11.2. The van der Waals surface area contributed by atoms with Crippen molar-refractivity contribution in [2.45, 2.75) is 70.3 Å². The third-order valence-corrected chi connectivity index (χ3v) is 6.43. The molecule has 1 heterocycles. The van der Waals surface area contributed by atoms with Gasteiger partial charge < -0.3 is 4.74 Å². The molecule has 0 N–H and O–H groups in total. The van der Waals surface area contributed by atoms with Crippen molar-refractivity contribution in [3.63, 3.8) is 0 Å². The zero-order chi connectivity index (χ0) is 11.5. The van der Waals surface area contributed by atoms with Crippen LogP contribution in [0.5, 0.6) is 0 Å². The van der Waals surface area contributed by atoms with Crippen molar-refractivity contribution in [2.24, 2.45) is 23.2 Å². The summed E-state index contributed by atoms with van der Waals surface area (Å²) < 4.78 is 6.08. The van der Waals surface area contributed by atoms with E-state index < -0.39 is 0 Å². The molecule has 5 rings (SSSR count). The lowest BCUT2D eigenvalue weighted by Gasteiger charge is -2.59. The molecule has 4 saturated carbocycles. The van der Waals surface area contributed by atoms with Gasteiger partial charge in [-0.2, -0.15) is 0 Å². The van der Waals surface area contributed by atoms with Crippen molar-refractivity contribution in [1.29, 1.82) is 0 Å². The molecule has 1 heteroatoms. The van der Waals surface area contributed by atoms with Crippen LogP contribution in [0.25, 0.3) is 0 Å². The Morgan fingerprint density at radius 2 is 1.53 bits per heavy atom. The summed E-state index contributed by atoms with van der Waals surface area (Å²) in [5.74, 6) is 3.22. The molecule has 4 bridgehead atoms. The summed E-state index contributed by atoms with van der Waals surface area (Å²) in [4.78, 5) is 0. The second-order valence-electron chi connectivity index (χ2n) is 7.58. The molecule has 1 atom stereocenters. The Labute approximate surface area is 105 Å². The first-order chi connectivity index (χ1) is 8.25. The number of epoxide rings is 1. The van der Waals surface area contributed by atoms with Gasteiger partial charge in [-0.15, -0.1) is 0 Å². The van der Waals surface area contributed by atoms with Gasteiger partial charge in [-0.05, 0) is 62.7 Å². The Balaban J connectivity index is 1.60. The third kappa shape index (κ3) is 1.47. The van der Waals surface area contributed by atoms with Crippen LogP contribution in [0.15, 0.2) is 0 Å². The van der Waals surface area contributed by atoms with Crippen molar-refractivity contribution in [3.8, 4) is 0 Å². The second-order valence-corrected chi connectivity index (χ2v) is 7.58. The SMILES string of the molecule is CCCCC1(C23CC4CC(CC(C4)C2)C3)CO1. The van der Waals surface area contributed by atoms with Crippen molar-refractivity contribution < 1.29 is 4.74 Å². The van der Waals surface area contributed by atoms with E-state index in [4.69, 9.17) is 4.74 Å². The molecule has 4 aliphatic carbocycles. The molecule has 1 saturated heterocycles. The summed E-state index contributed by atoms with van der Waals surface area (Å²) in [5.41, 5.74) is 0.996. The summed E-state index contributed by atoms with van der Waals surface area (Å²) in [6.45, 7) is 3.41. The maximum Gasteiger partial charge on any atom is 0.0972 e. The summed E-state index contributed by atoms with van der Waals surface area (Å²) in [7, 11) is 0. The third-order valence-electron chi connectivity index (χ3n) is 6.43. The fourth-order valence-corrected chi connectivity index (χ4v) is 5.93. The van der Waals surface area contributed by atoms with Crippen LogP contribution in [0.2, 0.25) is 0 Å². The predicted molar refractivity (Wildman–Crippen MR) is 68.8 cm³/mol. The molecule has 0 aromatic rings. The van der Waals surface area contributed by atoms with Gasteiger partial charge in [0.2, 0.25) is 0 Å². The largest absolute Gasteiger partial charge is 0.369 e. The van der Waals surface area contributed by atoms with E-state index in [0.29, 0.717) is 11.0 Å². The van der Waals surface area contributed by atoms with Crippen LogP contribution in [0.4, 0.5) is 0 Å². The highest BCUT2D eigenvalue weighted by atomic mass is 16.6. The van der Waals surface area contributed by atoms with E-state index in [9.17, 15) is 0 Å². The van der Waals surface area contributed by atoms with Crippen molar-refractivity contribution >= 4 is 0 Å². The van der Waals surface area contributed by atoms with Crippen LogP contribution < -0.4 is 0 Å². The van der Waals surface area contributed by atoms with Crippen LogP contribution in [-0.2, 0) is 4.74 Å². The molecular weight excluding hydrogens is 208 g/mol. The molecule has 1 aliphatic heterocycles. The summed E-state index contributed by atoms with van der Waals surface area (Å²) in [6.07, 6.45) is 13.3. The first-order valence-corrected chi connectivity index (χ1v) is 7.89. The van der Waals surface area contributed by atoms with Crippen LogP contribution >= 0.6 is 0 Å². The van der Waals surface area contributed by atoms with Gasteiger partial charge in [-0.3, -0.25) is 0 Å². The number of unbranched alkanes of at least 4 members (excludes halogenated alkanes) is 1. The van der Waals surface area contributed by atoms with Crippen molar-refractivity contribution in [3.05, 3.63) is 0 Å². The lowest BCUT2D eigenvalue weighted by Crippen LogP contribution is -2.53.